The second-order valence-corrected chi connectivity index (χ2v) is 5.85. The van der Waals surface area contributed by atoms with Crippen LogP contribution in [0.15, 0.2) is 73.1 Å². The lowest BCUT2D eigenvalue weighted by molar-refractivity contribution is -0.136. The Kier molecular flexibility index (Phi) is 5.77. The molecule has 0 atom stereocenters. The highest BCUT2D eigenvalue weighted by Crippen LogP contribution is 2.11. The van der Waals surface area contributed by atoms with Gasteiger partial charge in [0, 0.05) is 24.6 Å². The summed E-state index contributed by atoms with van der Waals surface area (Å²) in [6, 6.07) is 19.0. The smallest absolute Gasteiger partial charge is 0.313 e. The van der Waals surface area contributed by atoms with Crippen LogP contribution in [0.2, 0.25) is 0 Å². The lowest BCUT2D eigenvalue weighted by atomic mass is 10.1. The van der Waals surface area contributed by atoms with Crippen molar-refractivity contribution in [1.29, 1.82) is 0 Å². The summed E-state index contributed by atoms with van der Waals surface area (Å²) >= 11 is 0. The number of nitrogens with zero attached hydrogens (tertiary/aromatic N) is 2. The number of rotatable bonds is 6. The Hall–Kier alpha value is -3.41. The van der Waals surface area contributed by atoms with Crippen LogP contribution in [0.25, 0.3) is 0 Å². The molecule has 1 aromatic heterocycles. The highest BCUT2D eigenvalue weighted by molar-refractivity contribution is 6.39. The molecule has 6 nitrogen and oxygen atoms in total. The maximum atomic E-state index is 12.0. The van der Waals surface area contributed by atoms with Gasteiger partial charge in [-0.3, -0.25) is 14.3 Å². The van der Waals surface area contributed by atoms with Crippen LogP contribution < -0.4 is 10.6 Å². The summed E-state index contributed by atoms with van der Waals surface area (Å²) in [5, 5.41) is 9.42. The normalized spacial score (nSPS) is 10.3. The molecule has 0 radical (unpaired) electrons. The van der Waals surface area contributed by atoms with Crippen molar-refractivity contribution in [3.63, 3.8) is 0 Å². The summed E-state index contributed by atoms with van der Waals surface area (Å²) in [5.74, 6) is -1.31. The molecule has 1 heterocycles. The minimum Gasteiger partial charge on any atom is -0.347 e. The van der Waals surface area contributed by atoms with Crippen molar-refractivity contribution < 1.29 is 9.59 Å². The highest BCUT2D eigenvalue weighted by atomic mass is 16.2. The van der Waals surface area contributed by atoms with Crippen molar-refractivity contribution in [2.45, 2.75) is 13.0 Å². The molecule has 0 aliphatic rings. The molecule has 3 aromatic rings. The van der Waals surface area contributed by atoms with E-state index in [1.54, 1.807) is 16.9 Å². The van der Waals surface area contributed by atoms with Gasteiger partial charge in [-0.05, 0) is 35.7 Å². The first kappa shape index (κ1) is 17.4. The molecule has 0 aliphatic heterocycles. The molecule has 26 heavy (non-hydrogen) atoms. The average molecular weight is 348 g/mol. The van der Waals surface area contributed by atoms with Crippen LogP contribution in [0.1, 0.15) is 11.1 Å². The van der Waals surface area contributed by atoms with Crippen LogP contribution in [0, 0.1) is 0 Å². The molecule has 2 N–H and O–H groups in total. The van der Waals surface area contributed by atoms with Crippen LogP contribution >= 0.6 is 0 Å². The minimum absolute atomic E-state index is 0.412. The zero-order valence-electron chi connectivity index (χ0n) is 14.3. The number of aromatic nitrogens is 2. The summed E-state index contributed by atoms with van der Waals surface area (Å²) in [6.45, 7) is 1.01. The summed E-state index contributed by atoms with van der Waals surface area (Å²) < 4.78 is 1.79. The predicted octanol–water partition coefficient (Wildman–Crippen LogP) is 2.23. The molecule has 0 spiro atoms. The molecule has 0 unspecified atom stereocenters. The number of carbonyl (C=O) groups excluding carboxylic acids is 2. The summed E-state index contributed by atoms with van der Waals surface area (Å²) in [5.41, 5.74) is 2.67. The van der Waals surface area contributed by atoms with Crippen LogP contribution in [-0.2, 0) is 22.6 Å². The van der Waals surface area contributed by atoms with Gasteiger partial charge in [0.1, 0.15) is 0 Å². The zero-order chi connectivity index (χ0) is 18.2. The number of anilines is 1. The molecule has 0 bridgehead atoms. The Labute approximate surface area is 151 Å². The third kappa shape index (κ3) is 5.04. The van der Waals surface area contributed by atoms with E-state index in [1.165, 1.54) is 0 Å². The van der Waals surface area contributed by atoms with Gasteiger partial charge in [0.15, 0.2) is 0 Å². The molecule has 0 aliphatic carbocycles. The van der Waals surface area contributed by atoms with E-state index < -0.39 is 11.8 Å². The number of amides is 2. The average Bonchev–Trinajstić information content (AvgIpc) is 3.16. The van der Waals surface area contributed by atoms with E-state index in [-0.39, 0.29) is 0 Å². The van der Waals surface area contributed by atoms with E-state index in [0.717, 1.165) is 11.1 Å². The van der Waals surface area contributed by atoms with Crippen molar-refractivity contribution in [2.24, 2.45) is 0 Å². The quantitative estimate of drug-likeness (QED) is 0.671. The Morgan fingerprint density at radius 3 is 2.50 bits per heavy atom. The second kappa shape index (κ2) is 8.62. The van der Waals surface area contributed by atoms with Gasteiger partial charge in [0.05, 0.1) is 6.54 Å². The summed E-state index contributed by atoms with van der Waals surface area (Å²) in [6.07, 6.45) is 4.26. The first-order chi connectivity index (χ1) is 12.7. The van der Waals surface area contributed by atoms with Gasteiger partial charge in [0.2, 0.25) is 0 Å². The third-order valence-corrected chi connectivity index (χ3v) is 3.84. The number of hydrogen-bond acceptors (Lipinski definition) is 3. The standard InChI is InChI=1S/C20H20N4O2/c25-19(21-12-10-16-6-2-1-3-7-16)20(26)23-18-9-4-8-17(14-18)15-24-13-5-11-22-24/h1-9,11,13-14H,10,12,15H2,(H,21,25)(H,23,26). The Morgan fingerprint density at radius 2 is 1.73 bits per heavy atom. The monoisotopic (exact) mass is 348 g/mol. The van der Waals surface area contributed by atoms with Crippen molar-refractivity contribution in [3.8, 4) is 0 Å². The Balaban J connectivity index is 1.50. The van der Waals surface area contributed by atoms with Crippen molar-refractivity contribution >= 4 is 17.5 Å². The van der Waals surface area contributed by atoms with E-state index in [0.29, 0.717) is 25.2 Å². The molecule has 132 valence electrons. The van der Waals surface area contributed by atoms with Gasteiger partial charge in [-0.2, -0.15) is 5.10 Å². The molecule has 0 fully saturated rings. The number of carbonyl (C=O) groups is 2. The highest BCUT2D eigenvalue weighted by Gasteiger charge is 2.13. The van der Waals surface area contributed by atoms with E-state index in [9.17, 15) is 9.59 Å². The SMILES string of the molecule is O=C(NCCc1ccccc1)C(=O)Nc1cccc(Cn2cccn2)c1. The first-order valence-electron chi connectivity index (χ1n) is 8.40. The topological polar surface area (TPSA) is 76.0 Å². The lowest BCUT2D eigenvalue weighted by Crippen LogP contribution is -2.36. The maximum Gasteiger partial charge on any atom is 0.313 e. The van der Waals surface area contributed by atoms with E-state index in [4.69, 9.17) is 0 Å². The van der Waals surface area contributed by atoms with Gasteiger partial charge >= 0.3 is 11.8 Å². The minimum atomic E-state index is -0.672. The lowest BCUT2D eigenvalue weighted by Gasteiger charge is -2.08. The fourth-order valence-corrected chi connectivity index (χ4v) is 2.56. The van der Waals surface area contributed by atoms with Crippen molar-refractivity contribution in [1.82, 2.24) is 15.1 Å². The molecule has 2 aromatic carbocycles. The number of nitrogens with one attached hydrogen (secondary N) is 2. The first-order valence-corrected chi connectivity index (χ1v) is 8.40. The van der Waals surface area contributed by atoms with Crippen molar-refractivity contribution in [3.05, 3.63) is 84.2 Å². The van der Waals surface area contributed by atoms with E-state index in [1.807, 2.05) is 60.8 Å². The van der Waals surface area contributed by atoms with Crippen LogP contribution in [-0.4, -0.2) is 28.1 Å². The molecular weight excluding hydrogens is 328 g/mol. The van der Waals surface area contributed by atoms with Gasteiger partial charge in [0.25, 0.3) is 0 Å². The van der Waals surface area contributed by atoms with Crippen molar-refractivity contribution in [2.75, 3.05) is 11.9 Å². The van der Waals surface area contributed by atoms with Crippen LogP contribution in [0.4, 0.5) is 5.69 Å². The number of hydrogen-bond donors (Lipinski definition) is 2. The van der Waals surface area contributed by atoms with E-state index in [2.05, 4.69) is 15.7 Å². The number of benzene rings is 2. The molecule has 0 saturated carbocycles. The molecule has 6 heteroatoms. The fourth-order valence-electron chi connectivity index (χ4n) is 2.56. The molecule has 3 rings (SSSR count). The van der Waals surface area contributed by atoms with Gasteiger partial charge in [-0.15, -0.1) is 0 Å². The molecule has 0 saturated heterocycles. The Morgan fingerprint density at radius 1 is 0.923 bits per heavy atom. The second-order valence-electron chi connectivity index (χ2n) is 5.85. The molecule has 2 amide bonds. The van der Waals surface area contributed by atoms with E-state index >= 15 is 0 Å². The summed E-state index contributed by atoms with van der Waals surface area (Å²) in [7, 11) is 0. The summed E-state index contributed by atoms with van der Waals surface area (Å²) in [4.78, 5) is 24.0. The maximum absolute atomic E-state index is 12.0. The van der Waals surface area contributed by atoms with Gasteiger partial charge in [-0.1, -0.05) is 42.5 Å². The van der Waals surface area contributed by atoms with Crippen LogP contribution in [0.3, 0.4) is 0 Å². The van der Waals surface area contributed by atoms with Crippen LogP contribution in [0.5, 0.6) is 0 Å². The zero-order valence-corrected chi connectivity index (χ0v) is 14.3. The van der Waals surface area contributed by atoms with Gasteiger partial charge in [-0.25, -0.2) is 0 Å². The largest absolute Gasteiger partial charge is 0.347 e. The fraction of sp³-hybridized carbons (Fsp3) is 0.150. The Bertz CT molecular complexity index is 861. The predicted molar refractivity (Wildman–Crippen MR) is 99.6 cm³/mol. The third-order valence-electron chi connectivity index (χ3n) is 3.84. The molecular formula is C20H20N4O2. The van der Waals surface area contributed by atoms with Gasteiger partial charge < -0.3 is 10.6 Å².